The molecule has 0 amide bonds. The van der Waals surface area contributed by atoms with Crippen LogP contribution >= 0.6 is 0 Å². The molecule has 1 fully saturated rings. The van der Waals surface area contributed by atoms with Gasteiger partial charge in [-0.15, -0.1) is 0 Å². The van der Waals surface area contributed by atoms with Crippen molar-refractivity contribution in [1.82, 2.24) is 0 Å². The summed E-state index contributed by atoms with van der Waals surface area (Å²) in [6.45, 7) is 1.11. The maximum atomic E-state index is 8.86. The molecule has 0 bridgehead atoms. The van der Waals surface area contributed by atoms with Crippen molar-refractivity contribution < 1.29 is 0 Å². The van der Waals surface area contributed by atoms with Gasteiger partial charge in [-0.25, -0.2) is 0 Å². The minimum absolute atomic E-state index is 0.440. The first-order valence-corrected chi connectivity index (χ1v) is 6.70. The van der Waals surface area contributed by atoms with Crippen LogP contribution in [0.4, 0.5) is 5.69 Å². The molecule has 0 spiro atoms. The normalized spacial score (nSPS) is 18.3. The average molecular weight is 248 g/mol. The quantitative estimate of drug-likeness (QED) is 0.806. The van der Waals surface area contributed by atoms with Crippen molar-refractivity contribution in [3.8, 4) is 6.07 Å². The fourth-order valence-electron chi connectivity index (χ4n) is 2.82. The lowest BCUT2D eigenvalue weighted by atomic mass is 10.0. The molecule has 19 heavy (non-hydrogen) atoms. The van der Waals surface area contributed by atoms with Crippen molar-refractivity contribution in [2.75, 3.05) is 11.4 Å². The van der Waals surface area contributed by atoms with E-state index in [1.807, 2.05) is 12.1 Å². The summed E-state index contributed by atoms with van der Waals surface area (Å²) in [4.78, 5) is 2.46. The van der Waals surface area contributed by atoms with Gasteiger partial charge in [-0.3, -0.25) is 0 Å². The summed E-state index contributed by atoms with van der Waals surface area (Å²) in [6, 6.07) is 21.2. The van der Waals surface area contributed by atoms with Gasteiger partial charge in [0.05, 0.1) is 17.7 Å². The van der Waals surface area contributed by atoms with Crippen LogP contribution in [0.3, 0.4) is 0 Å². The van der Waals surface area contributed by atoms with Gasteiger partial charge in [0.15, 0.2) is 0 Å². The Morgan fingerprint density at radius 2 is 1.74 bits per heavy atom. The second kappa shape index (κ2) is 5.16. The van der Waals surface area contributed by atoms with Gasteiger partial charge in [-0.2, -0.15) is 5.26 Å². The molecule has 2 heteroatoms. The van der Waals surface area contributed by atoms with Gasteiger partial charge in [0, 0.05) is 12.2 Å². The maximum absolute atomic E-state index is 8.86. The SMILES string of the molecule is N#Cc1ccc([C@@H]2CCCN2c2ccccc2)cc1. The van der Waals surface area contributed by atoms with Crippen molar-refractivity contribution in [2.24, 2.45) is 0 Å². The Balaban J connectivity index is 1.89. The first kappa shape index (κ1) is 11.8. The Labute approximate surface area is 113 Å². The monoisotopic (exact) mass is 248 g/mol. The summed E-state index contributed by atoms with van der Waals surface area (Å²) >= 11 is 0. The lowest BCUT2D eigenvalue weighted by Gasteiger charge is -2.27. The van der Waals surface area contributed by atoms with E-state index in [2.05, 4.69) is 53.4 Å². The van der Waals surface area contributed by atoms with Crippen LogP contribution in [0.2, 0.25) is 0 Å². The van der Waals surface area contributed by atoms with E-state index in [-0.39, 0.29) is 0 Å². The zero-order chi connectivity index (χ0) is 13.1. The van der Waals surface area contributed by atoms with Crippen LogP contribution in [-0.4, -0.2) is 6.54 Å². The zero-order valence-corrected chi connectivity index (χ0v) is 10.8. The molecule has 0 unspecified atom stereocenters. The third-order valence-corrected chi connectivity index (χ3v) is 3.77. The molecule has 1 atom stereocenters. The van der Waals surface area contributed by atoms with E-state index in [9.17, 15) is 0 Å². The molecule has 2 nitrogen and oxygen atoms in total. The molecule has 0 saturated carbocycles. The van der Waals surface area contributed by atoms with Crippen molar-refractivity contribution in [2.45, 2.75) is 18.9 Å². The van der Waals surface area contributed by atoms with E-state index in [0.717, 1.165) is 12.1 Å². The average Bonchev–Trinajstić information content (AvgIpc) is 2.98. The predicted octanol–water partition coefficient (Wildman–Crippen LogP) is 3.90. The highest BCUT2D eigenvalue weighted by atomic mass is 15.2. The highest BCUT2D eigenvalue weighted by molar-refractivity contribution is 5.50. The summed E-state index contributed by atoms with van der Waals surface area (Å²) < 4.78 is 0. The molecular weight excluding hydrogens is 232 g/mol. The minimum Gasteiger partial charge on any atom is -0.364 e. The number of benzene rings is 2. The second-order valence-corrected chi connectivity index (χ2v) is 4.92. The largest absolute Gasteiger partial charge is 0.364 e. The van der Waals surface area contributed by atoms with Crippen LogP contribution in [0.15, 0.2) is 54.6 Å². The molecule has 2 aromatic rings. The van der Waals surface area contributed by atoms with Gasteiger partial charge in [0.1, 0.15) is 0 Å². The second-order valence-electron chi connectivity index (χ2n) is 4.92. The lowest BCUT2D eigenvalue weighted by molar-refractivity contribution is 0.719. The molecule has 94 valence electrons. The summed E-state index contributed by atoms with van der Waals surface area (Å²) in [5, 5.41) is 8.86. The number of hydrogen-bond acceptors (Lipinski definition) is 2. The highest BCUT2D eigenvalue weighted by Gasteiger charge is 2.25. The van der Waals surface area contributed by atoms with Crippen LogP contribution < -0.4 is 4.90 Å². The molecular formula is C17H16N2. The van der Waals surface area contributed by atoms with Gasteiger partial charge in [-0.05, 0) is 42.7 Å². The topological polar surface area (TPSA) is 27.0 Å². The molecule has 1 saturated heterocycles. The first-order valence-electron chi connectivity index (χ1n) is 6.70. The number of para-hydroxylation sites is 1. The van der Waals surface area contributed by atoms with Crippen molar-refractivity contribution in [1.29, 1.82) is 5.26 Å². The standard InChI is InChI=1S/C17H16N2/c18-13-14-8-10-15(11-9-14)17-7-4-12-19(17)16-5-2-1-3-6-16/h1-3,5-6,8-11,17H,4,7,12H2/t17-/m0/s1. The molecule has 3 rings (SSSR count). The van der Waals surface area contributed by atoms with Gasteiger partial charge in [0.25, 0.3) is 0 Å². The van der Waals surface area contributed by atoms with Gasteiger partial charge >= 0.3 is 0 Å². The van der Waals surface area contributed by atoms with Crippen molar-refractivity contribution in [3.63, 3.8) is 0 Å². The Morgan fingerprint density at radius 1 is 1.00 bits per heavy atom. The van der Waals surface area contributed by atoms with E-state index >= 15 is 0 Å². The third-order valence-electron chi connectivity index (χ3n) is 3.77. The Bertz CT molecular complexity index is 581. The molecule has 0 radical (unpaired) electrons. The predicted molar refractivity (Wildman–Crippen MR) is 76.9 cm³/mol. The van der Waals surface area contributed by atoms with Crippen molar-refractivity contribution in [3.05, 3.63) is 65.7 Å². The Hall–Kier alpha value is -2.27. The number of hydrogen-bond donors (Lipinski definition) is 0. The van der Waals surface area contributed by atoms with Crippen molar-refractivity contribution >= 4 is 5.69 Å². The summed E-state index contributed by atoms with van der Waals surface area (Å²) in [7, 11) is 0. The van der Waals surface area contributed by atoms with Gasteiger partial charge < -0.3 is 4.90 Å². The number of nitrogens with zero attached hydrogens (tertiary/aromatic N) is 2. The van der Waals surface area contributed by atoms with E-state index < -0.39 is 0 Å². The van der Waals surface area contributed by atoms with Gasteiger partial charge in [0.2, 0.25) is 0 Å². The fourth-order valence-corrected chi connectivity index (χ4v) is 2.82. The fraction of sp³-hybridized carbons (Fsp3) is 0.235. The molecule has 0 N–H and O–H groups in total. The van der Waals surface area contributed by atoms with Crippen LogP contribution in [0.25, 0.3) is 0 Å². The number of anilines is 1. The highest BCUT2D eigenvalue weighted by Crippen LogP contribution is 2.35. The first-order chi connectivity index (χ1) is 9.38. The van der Waals surface area contributed by atoms with Gasteiger partial charge in [-0.1, -0.05) is 30.3 Å². The smallest absolute Gasteiger partial charge is 0.0991 e. The molecule has 1 heterocycles. The third kappa shape index (κ3) is 2.32. The maximum Gasteiger partial charge on any atom is 0.0991 e. The van der Waals surface area contributed by atoms with E-state index in [1.54, 1.807) is 0 Å². The van der Waals surface area contributed by atoms with Crippen LogP contribution in [0.1, 0.15) is 30.0 Å². The minimum atomic E-state index is 0.440. The van der Waals surface area contributed by atoms with Crippen LogP contribution in [-0.2, 0) is 0 Å². The van der Waals surface area contributed by atoms with Crippen LogP contribution in [0.5, 0.6) is 0 Å². The van der Waals surface area contributed by atoms with E-state index in [1.165, 1.54) is 24.1 Å². The molecule has 1 aliphatic rings. The van der Waals surface area contributed by atoms with Crippen LogP contribution in [0, 0.1) is 11.3 Å². The summed E-state index contributed by atoms with van der Waals surface area (Å²) in [6.07, 6.45) is 2.40. The lowest BCUT2D eigenvalue weighted by Crippen LogP contribution is -2.22. The number of nitriles is 1. The Morgan fingerprint density at radius 3 is 2.42 bits per heavy atom. The Kier molecular flexibility index (Phi) is 3.20. The summed E-state index contributed by atoms with van der Waals surface area (Å²) in [5.41, 5.74) is 3.32. The summed E-state index contributed by atoms with van der Waals surface area (Å²) in [5.74, 6) is 0. The molecule has 1 aliphatic heterocycles. The molecule has 2 aromatic carbocycles. The molecule has 0 aliphatic carbocycles. The van der Waals surface area contributed by atoms with E-state index in [0.29, 0.717) is 6.04 Å². The zero-order valence-electron chi connectivity index (χ0n) is 10.8. The number of rotatable bonds is 2. The van der Waals surface area contributed by atoms with E-state index in [4.69, 9.17) is 5.26 Å². The molecule has 0 aromatic heterocycles.